The van der Waals surface area contributed by atoms with Gasteiger partial charge in [-0.1, -0.05) is 12.1 Å². The molecule has 1 N–H and O–H groups in total. The fourth-order valence-electron chi connectivity index (χ4n) is 1.87. The number of ketones is 1. The van der Waals surface area contributed by atoms with Gasteiger partial charge in [-0.15, -0.1) is 0 Å². The Balaban J connectivity index is 2.16. The number of nitro benzene ring substituents is 1. The van der Waals surface area contributed by atoms with Crippen LogP contribution in [0.1, 0.15) is 22.8 Å². The fraction of sp³-hybridized carbons (Fsp3) is 0.133. The number of benzene rings is 2. The summed E-state index contributed by atoms with van der Waals surface area (Å²) < 4.78 is 5.42. The van der Waals surface area contributed by atoms with E-state index in [1.54, 1.807) is 18.2 Å². The highest BCUT2D eigenvalue weighted by atomic mass is 16.6. The van der Waals surface area contributed by atoms with Crippen LogP contribution >= 0.6 is 0 Å². The number of nitrogens with zero attached hydrogens (tertiary/aromatic N) is 1. The van der Waals surface area contributed by atoms with Crippen molar-refractivity contribution in [1.82, 2.24) is 0 Å². The molecule has 0 atom stereocenters. The first-order valence-corrected chi connectivity index (χ1v) is 6.18. The lowest BCUT2D eigenvalue weighted by atomic mass is 10.1. The Morgan fingerprint density at radius 1 is 1.29 bits per heavy atom. The molecule has 21 heavy (non-hydrogen) atoms. The van der Waals surface area contributed by atoms with Crippen LogP contribution in [0.15, 0.2) is 42.5 Å². The van der Waals surface area contributed by atoms with Crippen molar-refractivity contribution in [2.45, 2.75) is 13.5 Å². The van der Waals surface area contributed by atoms with E-state index >= 15 is 0 Å². The average molecular weight is 287 g/mol. The van der Waals surface area contributed by atoms with Crippen LogP contribution < -0.4 is 4.74 Å². The van der Waals surface area contributed by atoms with Crippen LogP contribution in [-0.4, -0.2) is 15.8 Å². The van der Waals surface area contributed by atoms with Crippen LogP contribution in [-0.2, 0) is 6.61 Å². The molecule has 0 amide bonds. The number of phenols is 1. The second-order valence-corrected chi connectivity index (χ2v) is 4.41. The maximum absolute atomic E-state index is 11.2. The van der Waals surface area contributed by atoms with Gasteiger partial charge in [0.15, 0.2) is 5.78 Å². The number of hydrogen-bond donors (Lipinski definition) is 1. The lowest BCUT2D eigenvalue weighted by Crippen LogP contribution is -2.01. The molecule has 0 saturated carbocycles. The van der Waals surface area contributed by atoms with Crippen molar-refractivity contribution in [3.8, 4) is 11.5 Å². The van der Waals surface area contributed by atoms with Crippen LogP contribution in [0.25, 0.3) is 0 Å². The molecule has 0 spiro atoms. The third-order valence-electron chi connectivity index (χ3n) is 2.93. The second kappa shape index (κ2) is 6.04. The third kappa shape index (κ3) is 3.36. The normalized spacial score (nSPS) is 10.1. The van der Waals surface area contributed by atoms with E-state index in [-0.39, 0.29) is 29.4 Å². The SMILES string of the molecule is CC(=O)c1ccc(OCc2ccccc2[N+](=O)[O-])cc1O. The summed E-state index contributed by atoms with van der Waals surface area (Å²) in [5, 5.41) is 20.6. The predicted octanol–water partition coefficient (Wildman–Crippen LogP) is 3.08. The van der Waals surface area contributed by atoms with E-state index in [1.807, 2.05) is 0 Å². The highest BCUT2D eigenvalue weighted by molar-refractivity contribution is 5.96. The Labute approximate surface area is 120 Å². The van der Waals surface area contributed by atoms with Gasteiger partial charge < -0.3 is 9.84 Å². The molecule has 108 valence electrons. The summed E-state index contributed by atoms with van der Waals surface area (Å²) in [4.78, 5) is 21.6. The van der Waals surface area contributed by atoms with Crippen LogP contribution in [0.2, 0.25) is 0 Å². The van der Waals surface area contributed by atoms with E-state index in [0.29, 0.717) is 11.3 Å². The summed E-state index contributed by atoms with van der Waals surface area (Å²) in [6.45, 7) is 1.35. The standard InChI is InChI=1S/C15H13NO5/c1-10(17)13-7-6-12(8-15(13)18)21-9-11-4-2-3-5-14(11)16(19)20/h2-8,18H,9H2,1H3. The Morgan fingerprint density at radius 3 is 2.62 bits per heavy atom. The molecule has 0 saturated heterocycles. The number of aromatic hydroxyl groups is 1. The summed E-state index contributed by atoms with van der Waals surface area (Å²) >= 11 is 0. The molecule has 2 aromatic carbocycles. The highest BCUT2D eigenvalue weighted by Gasteiger charge is 2.13. The van der Waals surface area contributed by atoms with Gasteiger partial charge in [0.1, 0.15) is 18.1 Å². The molecule has 0 unspecified atom stereocenters. The number of hydrogen-bond acceptors (Lipinski definition) is 5. The van der Waals surface area contributed by atoms with Crippen molar-refractivity contribution in [3.63, 3.8) is 0 Å². The van der Waals surface area contributed by atoms with Crippen LogP contribution in [0.5, 0.6) is 11.5 Å². The smallest absolute Gasteiger partial charge is 0.276 e. The van der Waals surface area contributed by atoms with Crippen molar-refractivity contribution < 1.29 is 19.6 Å². The zero-order chi connectivity index (χ0) is 15.4. The molecule has 0 aromatic heterocycles. The summed E-state index contributed by atoms with van der Waals surface area (Å²) in [5.41, 5.74) is 0.604. The van der Waals surface area contributed by atoms with Gasteiger partial charge in [-0.25, -0.2) is 0 Å². The maximum atomic E-state index is 11.2. The Morgan fingerprint density at radius 2 is 2.00 bits per heavy atom. The fourth-order valence-corrected chi connectivity index (χ4v) is 1.87. The summed E-state index contributed by atoms with van der Waals surface area (Å²) in [7, 11) is 0. The van der Waals surface area contributed by atoms with Crippen LogP contribution in [0.3, 0.4) is 0 Å². The molecule has 2 rings (SSSR count). The quantitative estimate of drug-likeness (QED) is 0.518. The van der Waals surface area contributed by atoms with E-state index in [1.165, 1.54) is 31.2 Å². The topological polar surface area (TPSA) is 89.7 Å². The van der Waals surface area contributed by atoms with E-state index < -0.39 is 4.92 Å². The summed E-state index contributed by atoms with van der Waals surface area (Å²) in [5.74, 6) is -0.101. The molecule has 0 aliphatic rings. The van der Waals surface area contributed by atoms with Gasteiger partial charge in [0.25, 0.3) is 5.69 Å². The second-order valence-electron chi connectivity index (χ2n) is 4.41. The van der Waals surface area contributed by atoms with Gasteiger partial charge in [0.2, 0.25) is 0 Å². The van der Waals surface area contributed by atoms with E-state index in [9.17, 15) is 20.0 Å². The highest BCUT2D eigenvalue weighted by Crippen LogP contribution is 2.26. The number of rotatable bonds is 5. The van der Waals surface area contributed by atoms with Crippen molar-refractivity contribution in [2.75, 3.05) is 0 Å². The van der Waals surface area contributed by atoms with Gasteiger partial charge in [0.05, 0.1) is 16.1 Å². The molecule has 0 aliphatic heterocycles. The molecular formula is C15H13NO5. The molecule has 0 aliphatic carbocycles. The first kappa shape index (κ1) is 14.5. The zero-order valence-corrected chi connectivity index (χ0v) is 11.3. The monoisotopic (exact) mass is 287 g/mol. The Bertz CT molecular complexity index is 696. The van der Waals surface area contributed by atoms with Gasteiger partial charge in [-0.05, 0) is 25.1 Å². The van der Waals surface area contributed by atoms with Crippen molar-refractivity contribution in [3.05, 3.63) is 63.7 Å². The maximum Gasteiger partial charge on any atom is 0.276 e. The molecular weight excluding hydrogens is 274 g/mol. The summed E-state index contributed by atoms with van der Waals surface area (Å²) in [6.07, 6.45) is 0. The number of carbonyl (C=O) groups is 1. The van der Waals surface area contributed by atoms with Crippen LogP contribution in [0.4, 0.5) is 5.69 Å². The predicted molar refractivity (Wildman–Crippen MR) is 75.5 cm³/mol. The molecule has 2 aromatic rings. The minimum Gasteiger partial charge on any atom is -0.507 e. The first-order valence-electron chi connectivity index (χ1n) is 6.18. The molecule has 0 bridgehead atoms. The number of ether oxygens (including phenoxy) is 1. The third-order valence-corrected chi connectivity index (χ3v) is 2.93. The molecule has 0 fully saturated rings. The Hall–Kier alpha value is -2.89. The van der Waals surface area contributed by atoms with Crippen molar-refractivity contribution in [1.29, 1.82) is 0 Å². The zero-order valence-electron chi connectivity index (χ0n) is 11.3. The minimum atomic E-state index is -0.477. The van der Waals surface area contributed by atoms with Gasteiger partial charge >= 0.3 is 0 Å². The minimum absolute atomic E-state index is 0.00396. The molecule has 0 radical (unpaired) electrons. The van der Waals surface area contributed by atoms with E-state index in [2.05, 4.69) is 0 Å². The first-order chi connectivity index (χ1) is 9.99. The number of para-hydroxylation sites is 1. The lowest BCUT2D eigenvalue weighted by Gasteiger charge is -2.08. The van der Waals surface area contributed by atoms with E-state index in [0.717, 1.165) is 0 Å². The van der Waals surface area contributed by atoms with E-state index in [4.69, 9.17) is 4.74 Å². The number of phenolic OH excluding ortho intramolecular Hbond substituents is 1. The Kier molecular flexibility index (Phi) is 4.18. The van der Waals surface area contributed by atoms with Gasteiger partial charge in [-0.3, -0.25) is 14.9 Å². The number of nitro groups is 1. The van der Waals surface area contributed by atoms with Crippen molar-refractivity contribution >= 4 is 11.5 Å². The van der Waals surface area contributed by atoms with Crippen LogP contribution in [0, 0.1) is 10.1 Å². The van der Waals surface area contributed by atoms with Crippen molar-refractivity contribution in [2.24, 2.45) is 0 Å². The lowest BCUT2D eigenvalue weighted by molar-refractivity contribution is -0.385. The average Bonchev–Trinajstić information content (AvgIpc) is 2.45. The molecule has 6 nitrogen and oxygen atoms in total. The molecule has 6 heteroatoms. The number of carbonyl (C=O) groups excluding carboxylic acids is 1. The largest absolute Gasteiger partial charge is 0.507 e. The van der Waals surface area contributed by atoms with Gasteiger partial charge in [-0.2, -0.15) is 0 Å². The summed E-state index contributed by atoms with van der Waals surface area (Å²) in [6, 6.07) is 10.6. The number of Topliss-reactive ketones (excluding diaryl/α,β-unsaturated/α-hetero) is 1. The van der Waals surface area contributed by atoms with Gasteiger partial charge in [0, 0.05) is 12.1 Å². The molecule has 0 heterocycles.